The van der Waals surface area contributed by atoms with E-state index in [4.69, 9.17) is 1.37 Å². The maximum atomic E-state index is 10.1. The fourth-order valence-electron chi connectivity index (χ4n) is 2.54. The topological polar surface area (TPSA) is 118 Å². The van der Waals surface area contributed by atoms with Crippen LogP contribution in [0.3, 0.4) is 0 Å². The van der Waals surface area contributed by atoms with Crippen LogP contribution in [0.25, 0.3) is 0 Å². The van der Waals surface area contributed by atoms with Gasteiger partial charge in [-0.1, -0.05) is 59.7 Å². The molecule has 0 aromatic heterocycles. The number of rotatable bonds is 11. The van der Waals surface area contributed by atoms with E-state index in [1.165, 1.54) is 24.3 Å². The number of carbonyl (C=O) groups excluding carboxylic acids is 4. The second kappa shape index (κ2) is 21.9. The summed E-state index contributed by atoms with van der Waals surface area (Å²) in [5.41, 5.74) is 3.40. The van der Waals surface area contributed by atoms with Gasteiger partial charge in [0.1, 0.15) is 0 Å². The standard InChI is InChI=1S/C15H10N2O2.C8H12N2O2.CH3I/c18-10-16-14-5-1-12(2-6-14)9-13-3-7-15(8-4-13)17-11-19;11-7-9-5-3-1-2-4-6-10-8-12;1-2/h1-8H,9H2;1-6H2;1H3/i;;1D. The maximum Gasteiger partial charge on any atom is 0.240 e. The molecule has 0 radical (unpaired) electrons. The predicted molar refractivity (Wildman–Crippen MR) is 136 cm³/mol. The van der Waals surface area contributed by atoms with Crippen molar-refractivity contribution in [3.05, 3.63) is 59.7 Å². The first-order chi connectivity index (χ1) is 16.6. The highest BCUT2D eigenvalue weighted by Gasteiger charge is 1.98. The van der Waals surface area contributed by atoms with E-state index in [9.17, 15) is 19.2 Å². The predicted octanol–water partition coefficient (Wildman–Crippen LogP) is 5.48. The van der Waals surface area contributed by atoms with Crippen molar-refractivity contribution in [2.75, 3.05) is 18.0 Å². The lowest BCUT2D eigenvalue weighted by Gasteiger charge is -2.02. The van der Waals surface area contributed by atoms with Crippen molar-refractivity contribution in [3.8, 4) is 0 Å². The summed E-state index contributed by atoms with van der Waals surface area (Å²) in [4.78, 5) is 53.8. The van der Waals surface area contributed by atoms with E-state index >= 15 is 0 Å². The van der Waals surface area contributed by atoms with Gasteiger partial charge in [0.2, 0.25) is 24.3 Å². The third-order valence-electron chi connectivity index (χ3n) is 4.05. The maximum absolute atomic E-state index is 10.1. The van der Waals surface area contributed by atoms with Gasteiger partial charge in [-0.25, -0.2) is 29.2 Å². The lowest BCUT2D eigenvalue weighted by Crippen LogP contribution is -1.86. The summed E-state index contributed by atoms with van der Waals surface area (Å²) < 4.78 is 6.20. The molecule has 2 rings (SSSR count). The molecule has 0 heterocycles. The Hall–Kier alpha value is -3.31. The number of halogens is 1. The molecule has 0 bridgehead atoms. The van der Waals surface area contributed by atoms with Crippen molar-refractivity contribution in [2.45, 2.75) is 32.1 Å². The second-order valence-corrected chi connectivity index (χ2v) is 6.28. The molecular weight excluding hydrogens is 535 g/mol. The molecular formula is C24H25IN4O4. The first-order valence-electron chi connectivity index (χ1n) is 10.6. The normalized spacial score (nSPS) is 8.94. The van der Waals surface area contributed by atoms with Gasteiger partial charge in [0.05, 0.1) is 24.5 Å². The molecule has 2 aromatic carbocycles. The zero-order chi connectivity index (χ0) is 25.3. The van der Waals surface area contributed by atoms with E-state index in [1.54, 1.807) is 24.3 Å². The molecule has 0 fully saturated rings. The van der Waals surface area contributed by atoms with Gasteiger partial charge in [-0.3, -0.25) is 0 Å². The van der Waals surface area contributed by atoms with Crippen LogP contribution < -0.4 is 0 Å². The fourth-order valence-corrected chi connectivity index (χ4v) is 2.54. The zero-order valence-corrected chi connectivity index (χ0v) is 20.2. The molecule has 0 aliphatic heterocycles. The van der Waals surface area contributed by atoms with Crippen LogP contribution in [0.1, 0.15) is 38.2 Å². The summed E-state index contributed by atoms with van der Waals surface area (Å²) in [7, 11) is 0. The number of hydrogen-bond donors (Lipinski definition) is 0. The highest BCUT2D eigenvalue weighted by molar-refractivity contribution is 14.1. The summed E-state index contributed by atoms with van der Waals surface area (Å²) in [6.07, 6.45) is 10.6. The van der Waals surface area contributed by atoms with Crippen LogP contribution in [0.2, 0.25) is 0 Å². The Kier molecular flexibility index (Phi) is 18.4. The number of benzene rings is 2. The summed E-state index contributed by atoms with van der Waals surface area (Å²) in [5.74, 6) is 0. The number of hydrogen-bond acceptors (Lipinski definition) is 8. The van der Waals surface area contributed by atoms with Gasteiger partial charge in [-0.2, -0.15) is 9.98 Å². The molecule has 0 aliphatic rings. The van der Waals surface area contributed by atoms with Crippen LogP contribution in [0.5, 0.6) is 0 Å². The minimum Gasteiger partial charge on any atom is -0.211 e. The Labute approximate surface area is 208 Å². The first kappa shape index (κ1) is 27.7. The Morgan fingerprint density at radius 2 is 1.03 bits per heavy atom. The highest BCUT2D eigenvalue weighted by Crippen LogP contribution is 2.17. The third kappa shape index (κ3) is 16.0. The largest absolute Gasteiger partial charge is 0.240 e. The zero-order valence-electron chi connectivity index (χ0n) is 19.1. The molecule has 172 valence electrons. The van der Waals surface area contributed by atoms with Crippen molar-refractivity contribution >= 4 is 58.3 Å². The molecule has 0 N–H and O–H groups in total. The highest BCUT2D eigenvalue weighted by atomic mass is 127. The smallest absolute Gasteiger partial charge is 0.211 e. The number of unbranched alkanes of at least 4 members (excludes halogenated alkanes) is 3. The summed E-state index contributed by atoms with van der Waals surface area (Å²) in [6.45, 7) is 1.11. The lowest BCUT2D eigenvalue weighted by molar-refractivity contribution is 0.558. The average molecular weight is 561 g/mol. The minimum atomic E-state index is 0.470. The van der Waals surface area contributed by atoms with Crippen molar-refractivity contribution in [1.29, 1.82) is 0 Å². The fraction of sp³-hybridized carbons (Fsp3) is 0.333. The van der Waals surface area contributed by atoms with Crippen molar-refractivity contribution in [3.63, 3.8) is 0 Å². The van der Waals surface area contributed by atoms with Gasteiger partial charge in [0.15, 0.2) is 0 Å². The van der Waals surface area contributed by atoms with Gasteiger partial charge in [0, 0.05) is 1.37 Å². The van der Waals surface area contributed by atoms with Crippen molar-refractivity contribution < 1.29 is 20.5 Å². The lowest BCUT2D eigenvalue weighted by atomic mass is 10.0. The summed E-state index contributed by atoms with van der Waals surface area (Å²) in [6, 6.07) is 14.7. The van der Waals surface area contributed by atoms with Crippen LogP contribution in [0.4, 0.5) is 11.4 Å². The second-order valence-electron chi connectivity index (χ2n) is 6.28. The Balaban J connectivity index is 0.000000626. The van der Waals surface area contributed by atoms with Crippen LogP contribution in [0, 0.1) is 0 Å². The number of nitrogens with zero attached hydrogens (tertiary/aromatic N) is 4. The molecule has 0 spiro atoms. The van der Waals surface area contributed by atoms with E-state index in [0.717, 1.165) is 43.2 Å². The van der Waals surface area contributed by atoms with Crippen LogP contribution in [0.15, 0.2) is 68.5 Å². The van der Waals surface area contributed by atoms with E-state index in [-0.39, 0.29) is 0 Å². The molecule has 0 aliphatic carbocycles. The van der Waals surface area contributed by atoms with E-state index < -0.39 is 0 Å². The number of isocyanates is 4. The van der Waals surface area contributed by atoms with Crippen LogP contribution >= 0.6 is 22.6 Å². The van der Waals surface area contributed by atoms with Gasteiger partial charge in [-0.05, 0) is 59.6 Å². The monoisotopic (exact) mass is 561 g/mol. The average Bonchev–Trinajstić information content (AvgIpc) is 2.85. The molecule has 0 saturated heterocycles. The van der Waals surface area contributed by atoms with Gasteiger partial charge in [-0.15, -0.1) is 0 Å². The van der Waals surface area contributed by atoms with Gasteiger partial charge < -0.3 is 0 Å². The third-order valence-corrected chi connectivity index (χ3v) is 4.05. The van der Waals surface area contributed by atoms with Crippen LogP contribution in [-0.4, -0.2) is 42.3 Å². The molecule has 33 heavy (non-hydrogen) atoms. The van der Waals surface area contributed by atoms with Gasteiger partial charge >= 0.3 is 0 Å². The Morgan fingerprint density at radius 3 is 1.33 bits per heavy atom. The van der Waals surface area contributed by atoms with E-state index in [2.05, 4.69) is 20.0 Å². The molecule has 8 nitrogen and oxygen atoms in total. The van der Waals surface area contributed by atoms with Gasteiger partial charge in [0.25, 0.3) is 0 Å². The molecule has 2 aromatic rings. The van der Waals surface area contributed by atoms with Crippen molar-refractivity contribution in [1.82, 2.24) is 0 Å². The van der Waals surface area contributed by atoms with Crippen molar-refractivity contribution in [2.24, 2.45) is 20.0 Å². The molecule has 0 amide bonds. The van der Waals surface area contributed by atoms with Crippen LogP contribution in [-0.2, 0) is 25.6 Å². The van der Waals surface area contributed by atoms with E-state index in [1.807, 2.05) is 46.9 Å². The molecule has 0 saturated carbocycles. The molecule has 0 atom stereocenters. The SMILES string of the molecule is O=C=NCCCCCCN=C=O.O=C=Nc1ccc(Cc2ccc(N=C=O)cc2)cc1.[2H]CI. The summed E-state index contributed by atoms with van der Waals surface area (Å²) in [5, 5.41) is 0. The quantitative estimate of drug-likeness (QED) is 0.119. The number of aliphatic imine (C=N–C) groups is 4. The Bertz CT molecular complexity index is 925. The minimum absolute atomic E-state index is 0.470. The Morgan fingerprint density at radius 1 is 0.667 bits per heavy atom. The van der Waals surface area contributed by atoms with E-state index in [0.29, 0.717) is 29.4 Å². The first-order valence-corrected chi connectivity index (χ1v) is 11.4. The molecule has 9 heteroatoms. The summed E-state index contributed by atoms with van der Waals surface area (Å²) >= 11 is 1.96. The molecule has 0 unspecified atom stereocenters. The number of alkyl halides is 1.